The number of halogens is 4. The third kappa shape index (κ3) is 7.12. The van der Waals surface area contributed by atoms with Crippen molar-refractivity contribution in [2.24, 2.45) is 11.5 Å². The van der Waals surface area contributed by atoms with Gasteiger partial charge in [-0.25, -0.2) is 4.98 Å². The van der Waals surface area contributed by atoms with Crippen LogP contribution in [0, 0.1) is 0 Å². The highest BCUT2D eigenvalue weighted by Gasteiger charge is 2.30. The van der Waals surface area contributed by atoms with Crippen LogP contribution < -0.4 is 21.5 Å². The molecule has 3 rings (SSSR count). The molecule has 1 amide bonds. The lowest BCUT2D eigenvalue weighted by atomic mass is 10.1. The fourth-order valence-electron chi connectivity index (χ4n) is 3.08. The molecule has 1 fully saturated rings. The molecule has 0 saturated carbocycles. The lowest BCUT2D eigenvalue weighted by molar-refractivity contribution is -0.0926. The molecule has 0 radical (unpaired) electrons. The zero-order valence-electron chi connectivity index (χ0n) is 18.2. The highest BCUT2D eigenvalue weighted by molar-refractivity contribution is 7.18. The molecule has 1 atom stereocenters. The Bertz CT molecular complexity index is 1080. The summed E-state index contributed by atoms with van der Waals surface area (Å²) in [5, 5.41) is 3.28. The van der Waals surface area contributed by atoms with Crippen LogP contribution in [0.5, 0.6) is 5.75 Å². The molecule has 0 aliphatic carbocycles. The number of alkyl halides is 3. The minimum Gasteiger partial charge on any atom is -0.490 e. The number of hydrogen-bond donors (Lipinski definition) is 3. The van der Waals surface area contributed by atoms with E-state index in [1.165, 1.54) is 17.5 Å². The summed E-state index contributed by atoms with van der Waals surface area (Å²) in [6, 6.07) is 4.25. The molecule has 7 nitrogen and oxygen atoms in total. The van der Waals surface area contributed by atoms with Gasteiger partial charge in [0.1, 0.15) is 26.9 Å². The van der Waals surface area contributed by atoms with E-state index >= 15 is 0 Å². The highest BCUT2D eigenvalue weighted by Crippen LogP contribution is 2.32. The van der Waals surface area contributed by atoms with Gasteiger partial charge in [0.05, 0.1) is 25.5 Å². The van der Waals surface area contributed by atoms with E-state index in [4.69, 9.17) is 32.5 Å². The monoisotopic (exact) mass is 516 g/mol. The Hall–Kier alpha value is -2.76. The second kappa shape index (κ2) is 11.1. The average molecular weight is 517 g/mol. The molecule has 1 aromatic carbocycles. The minimum atomic E-state index is -4.66. The van der Waals surface area contributed by atoms with Crippen LogP contribution in [0.25, 0.3) is 10.6 Å². The quantitative estimate of drug-likeness (QED) is 0.471. The number of nitrogens with one attached hydrogen (secondary N) is 1. The maximum absolute atomic E-state index is 13.0. The lowest BCUT2D eigenvalue weighted by Gasteiger charge is -2.24. The number of nitrogens with zero attached hydrogens (tertiary/aromatic N) is 1. The molecule has 2 aromatic rings. The number of hydrogen-bond acceptors (Lipinski definition) is 7. The molecule has 1 aromatic heterocycles. The molecule has 34 heavy (non-hydrogen) atoms. The van der Waals surface area contributed by atoms with Crippen molar-refractivity contribution in [3.8, 4) is 16.3 Å². The van der Waals surface area contributed by atoms with Gasteiger partial charge in [-0.3, -0.25) is 4.79 Å². The number of carbonyl (C=O) groups excluding carboxylic acids is 1. The Morgan fingerprint density at radius 1 is 1.29 bits per heavy atom. The standard InChI is InChI=1S/C22H24ClF3N4O3S/c1-12(17(27)2-3-18(28)22(24,25)26)30-20(31)13-8-14(21-29-11-19(23)34-21)10-16(9-13)33-15-4-6-32-7-5-15/h2-3,8-12,15H,4-7,27-28H2,1H3,(H,30,31)/b17-2-,18-3-/t12-/m1/s1. The van der Waals surface area contributed by atoms with E-state index in [0.29, 0.717) is 39.9 Å². The summed E-state index contributed by atoms with van der Waals surface area (Å²) in [5.74, 6) is -0.00382. The molecule has 1 aliphatic heterocycles. The first-order chi connectivity index (χ1) is 16.0. The van der Waals surface area contributed by atoms with Crippen molar-refractivity contribution in [1.82, 2.24) is 10.3 Å². The Morgan fingerprint density at radius 3 is 2.62 bits per heavy atom. The van der Waals surface area contributed by atoms with Crippen LogP contribution in [0.4, 0.5) is 13.2 Å². The summed E-state index contributed by atoms with van der Waals surface area (Å²) in [7, 11) is 0. The van der Waals surface area contributed by atoms with E-state index < -0.39 is 23.8 Å². The zero-order valence-corrected chi connectivity index (χ0v) is 19.8. The number of carbonyl (C=O) groups is 1. The first-order valence-corrected chi connectivity index (χ1v) is 11.5. The van der Waals surface area contributed by atoms with Gasteiger partial charge >= 0.3 is 6.18 Å². The predicted octanol–water partition coefficient (Wildman–Crippen LogP) is 4.39. The summed E-state index contributed by atoms with van der Waals surface area (Å²) in [4.78, 5) is 17.2. The van der Waals surface area contributed by atoms with E-state index in [-0.39, 0.29) is 17.4 Å². The highest BCUT2D eigenvalue weighted by atomic mass is 35.5. The maximum Gasteiger partial charge on any atom is 0.430 e. The van der Waals surface area contributed by atoms with Crippen molar-refractivity contribution in [3.05, 3.63) is 57.8 Å². The fraction of sp³-hybridized carbons (Fsp3) is 0.364. The van der Waals surface area contributed by atoms with Gasteiger partial charge in [0.2, 0.25) is 0 Å². The van der Waals surface area contributed by atoms with Crippen LogP contribution in [-0.4, -0.2) is 42.4 Å². The van der Waals surface area contributed by atoms with Crippen molar-refractivity contribution in [2.75, 3.05) is 13.2 Å². The molecule has 0 spiro atoms. The average Bonchev–Trinajstić information content (AvgIpc) is 3.23. The summed E-state index contributed by atoms with van der Waals surface area (Å²) >= 11 is 7.27. The predicted molar refractivity (Wildman–Crippen MR) is 125 cm³/mol. The smallest absolute Gasteiger partial charge is 0.430 e. The van der Waals surface area contributed by atoms with Crippen molar-refractivity contribution >= 4 is 28.8 Å². The molecule has 5 N–H and O–H groups in total. The van der Waals surface area contributed by atoms with Crippen molar-refractivity contribution < 1.29 is 27.4 Å². The topological polar surface area (TPSA) is 112 Å². The maximum atomic E-state index is 13.0. The first-order valence-electron chi connectivity index (χ1n) is 10.3. The molecule has 1 saturated heterocycles. The number of aromatic nitrogens is 1. The van der Waals surface area contributed by atoms with Crippen molar-refractivity contribution in [1.29, 1.82) is 0 Å². The third-order valence-corrected chi connectivity index (χ3v) is 6.16. The Balaban J connectivity index is 1.82. The van der Waals surface area contributed by atoms with Gasteiger partial charge in [-0.2, -0.15) is 13.2 Å². The van der Waals surface area contributed by atoms with Crippen LogP contribution >= 0.6 is 22.9 Å². The van der Waals surface area contributed by atoms with E-state index in [2.05, 4.69) is 10.3 Å². The molecule has 0 bridgehead atoms. The van der Waals surface area contributed by atoms with Crippen LogP contribution in [0.15, 0.2) is 47.9 Å². The fourth-order valence-corrected chi connectivity index (χ4v) is 3.98. The zero-order chi connectivity index (χ0) is 24.9. The van der Waals surface area contributed by atoms with Crippen LogP contribution in [0.2, 0.25) is 4.34 Å². The number of allylic oxidation sites excluding steroid dienone is 3. The van der Waals surface area contributed by atoms with Gasteiger partial charge in [-0.05, 0) is 37.3 Å². The van der Waals surface area contributed by atoms with Crippen molar-refractivity contribution in [3.63, 3.8) is 0 Å². The van der Waals surface area contributed by atoms with Gasteiger partial charge in [-0.15, -0.1) is 11.3 Å². The number of ether oxygens (including phenoxy) is 2. The molecular weight excluding hydrogens is 493 g/mol. The van der Waals surface area contributed by atoms with Gasteiger partial charge < -0.3 is 26.3 Å². The van der Waals surface area contributed by atoms with E-state index in [1.807, 2.05) is 0 Å². The minimum absolute atomic E-state index is 0.00193. The molecule has 12 heteroatoms. The third-order valence-electron chi connectivity index (χ3n) is 4.99. The second-order valence-electron chi connectivity index (χ2n) is 7.63. The Labute approximate surface area is 203 Å². The largest absolute Gasteiger partial charge is 0.490 e. The van der Waals surface area contributed by atoms with Gasteiger partial charge in [0.15, 0.2) is 0 Å². The Morgan fingerprint density at radius 2 is 2.00 bits per heavy atom. The van der Waals surface area contributed by atoms with E-state index in [9.17, 15) is 18.0 Å². The van der Waals surface area contributed by atoms with E-state index in [0.717, 1.165) is 18.9 Å². The van der Waals surface area contributed by atoms with E-state index in [1.54, 1.807) is 25.1 Å². The van der Waals surface area contributed by atoms with Gasteiger partial charge in [0, 0.05) is 29.7 Å². The molecule has 1 aliphatic rings. The first kappa shape index (κ1) is 25.9. The summed E-state index contributed by atoms with van der Waals surface area (Å²) in [6.45, 7) is 2.73. The molecule has 0 unspecified atom stereocenters. The number of rotatable bonds is 7. The molecule has 2 heterocycles. The van der Waals surface area contributed by atoms with Gasteiger partial charge in [-0.1, -0.05) is 11.6 Å². The molecule has 184 valence electrons. The summed E-state index contributed by atoms with van der Waals surface area (Å²) in [5.41, 5.74) is 10.4. The summed E-state index contributed by atoms with van der Waals surface area (Å²) in [6.07, 6.45) is -0.0804. The van der Waals surface area contributed by atoms with Gasteiger partial charge in [0.25, 0.3) is 5.91 Å². The number of benzene rings is 1. The second-order valence-corrected chi connectivity index (χ2v) is 9.29. The van der Waals surface area contributed by atoms with Crippen LogP contribution in [0.3, 0.4) is 0 Å². The number of amides is 1. The van der Waals surface area contributed by atoms with Crippen LogP contribution in [-0.2, 0) is 4.74 Å². The number of nitrogens with two attached hydrogens (primary N) is 2. The lowest BCUT2D eigenvalue weighted by Crippen LogP contribution is -2.36. The summed E-state index contributed by atoms with van der Waals surface area (Å²) < 4.78 is 49.6. The SMILES string of the molecule is C[C@@H](NC(=O)c1cc(OC2CCOCC2)cc(-c2ncc(Cl)s2)c1)/C(N)=C/C=C(\N)C(F)(F)F. The Kier molecular flexibility index (Phi) is 8.45. The normalized spacial score (nSPS) is 16.9. The van der Waals surface area contributed by atoms with Crippen molar-refractivity contribution in [2.45, 2.75) is 38.1 Å². The van der Waals surface area contributed by atoms with Crippen LogP contribution in [0.1, 0.15) is 30.1 Å². The molecular formula is C22H24ClF3N4O3S. The number of thiazole rings is 1.